The fraction of sp³-hybridized carbons (Fsp3) is 0.500. The van der Waals surface area contributed by atoms with E-state index >= 15 is 0 Å². The van der Waals surface area contributed by atoms with Gasteiger partial charge in [-0.05, 0) is 30.0 Å². The quantitative estimate of drug-likeness (QED) is 0.789. The minimum absolute atomic E-state index is 0.217. The zero-order chi connectivity index (χ0) is 13.7. The first kappa shape index (κ1) is 15.0. The van der Waals surface area contributed by atoms with Gasteiger partial charge in [0.25, 0.3) is 5.91 Å². The fourth-order valence-corrected chi connectivity index (χ4v) is 3.19. The van der Waals surface area contributed by atoms with Gasteiger partial charge in [-0.15, -0.1) is 23.1 Å². The first-order valence-electron chi connectivity index (χ1n) is 5.60. The van der Waals surface area contributed by atoms with Crippen LogP contribution in [0.3, 0.4) is 0 Å². The zero-order valence-electron chi connectivity index (χ0n) is 10.6. The third-order valence-corrected chi connectivity index (χ3v) is 4.19. The Morgan fingerprint density at radius 3 is 2.67 bits per heavy atom. The Hall–Kier alpha value is -1.01. The number of amides is 1. The molecule has 0 aliphatic rings. The van der Waals surface area contributed by atoms with Crippen LogP contribution < -0.4 is 5.32 Å². The van der Waals surface area contributed by atoms with Gasteiger partial charge in [-0.25, -0.2) is 4.79 Å². The predicted molar refractivity (Wildman–Crippen MR) is 74.4 cm³/mol. The second-order valence-electron chi connectivity index (χ2n) is 4.31. The number of hydrogen-bond donors (Lipinski definition) is 2. The van der Waals surface area contributed by atoms with Gasteiger partial charge in [-0.3, -0.25) is 4.79 Å². The van der Waals surface area contributed by atoms with Crippen LogP contribution in [0.15, 0.2) is 16.3 Å². The van der Waals surface area contributed by atoms with Gasteiger partial charge in [0.2, 0.25) is 0 Å². The summed E-state index contributed by atoms with van der Waals surface area (Å²) < 4.78 is 0. The minimum Gasteiger partial charge on any atom is -0.480 e. The van der Waals surface area contributed by atoms with Crippen molar-refractivity contribution in [3.8, 4) is 0 Å². The van der Waals surface area contributed by atoms with Crippen LogP contribution >= 0.6 is 23.1 Å². The average Bonchev–Trinajstić information content (AvgIpc) is 2.75. The molecule has 0 spiro atoms. The Morgan fingerprint density at radius 1 is 1.50 bits per heavy atom. The Labute approximate surface area is 115 Å². The highest BCUT2D eigenvalue weighted by atomic mass is 32.2. The van der Waals surface area contributed by atoms with Gasteiger partial charge in [-0.2, -0.15) is 0 Å². The van der Waals surface area contributed by atoms with Crippen molar-refractivity contribution in [2.75, 3.05) is 6.26 Å². The van der Waals surface area contributed by atoms with Gasteiger partial charge in [0, 0.05) is 4.90 Å². The molecule has 1 atom stereocenters. The van der Waals surface area contributed by atoms with Gasteiger partial charge in [0.05, 0.1) is 0 Å². The van der Waals surface area contributed by atoms with Crippen LogP contribution in [0, 0.1) is 5.92 Å². The Kier molecular flexibility index (Phi) is 5.68. The largest absolute Gasteiger partial charge is 0.480 e. The van der Waals surface area contributed by atoms with Gasteiger partial charge in [0.1, 0.15) is 10.9 Å². The van der Waals surface area contributed by atoms with Crippen molar-refractivity contribution in [1.29, 1.82) is 0 Å². The highest BCUT2D eigenvalue weighted by molar-refractivity contribution is 7.98. The molecule has 0 aliphatic heterocycles. The molecule has 1 aromatic rings. The number of carboxylic acid groups (broad SMARTS) is 1. The number of thioether (sulfide) groups is 1. The molecule has 0 aliphatic carbocycles. The van der Waals surface area contributed by atoms with E-state index in [1.807, 2.05) is 31.5 Å². The topological polar surface area (TPSA) is 66.4 Å². The van der Waals surface area contributed by atoms with Crippen molar-refractivity contribution in [2.45, 2.75) is 31.2 Å². The summed E-state index contributed by atoms with van der Waals surface area (Å²) in [5, 5.41) is 13.5. The molecule has 0 bridgehead atoms. The van der Waals surface area contributed by atoms with E-state index in [2.05, 4.69) is 5.32 Å². The Balaban J connectivity index is 2.75. The predicted octanol–water partition coefficient (Wildman–Crippen LogP) is 2.70. The van der Waals surface area contributed by atoms with Crippen LogP contribution in [0.1, 0.15) is 29.9 Å². The number of carbonyl (C=O) groups excluding carboxylic acids is 1. The van der Waals surface area contributed by atoms with Gasteiger partial charge >= 0.3 is 5.97 Å². The van der Waals surface area contributed by atoms with E-state index < -0.39 is 12.0 Å². The third kappa shape index (κ3) is 4.03. The van der Waals surface area contributed by atoms with E-state index in [-0.39, 0.29) is 11.8 Å². The fourth-order valence-electron chi connectivity index (χ4n) is 1.54. The highest BCUT2D eigenvalue weighted by Crippen LogP contribution is 2.25. The first-order chi connectivity index (χ1) is 8.45. The summed E-state index contributed by atoms with van der Waals surface area (Å²) in [6, 6.07) is 1.04. The summed E-state index contributed by atoms with van der Waals surface area (Å²) in [4.78, 5) is 24.5. The number of aliphatic carboxylic acids is 1. The summed E-state index contributed by atoms with van der Waals surface area (Å²) in [7, 11) is 0. The maximum atomic E-state index is 12.0. The zero-order valence-corrected chi connectivity index (χ0v) is 12.2. The number of carboxylic acids is 1. The molecule has 0 radical (unpaired) electrons. The van der Waals surface area contributed by atoms with Crippen molar-refractivity contribution in [2.24, 2.45) is 5.92 Å². The maximum Gasteiger partial charge on any atom is 0.326 e. The summed E-state index contributed by atoms with van der Waals surface area (Å²) >= 11 is 2.81. The normalized spacial score (nSPS) is 12.4. The number of rotatable bonds is 6. The molecule has 0 saturated heterocycles. The average molecular weight is 287 g/mol. The summed E-state index contributed by atoms with van der Waals surface area (Å²) in [5.41, 5.74) is 0. The SMILES string of the molecule is CSc1ccsc1C(=O)N[C@H](CC(C)C)C(=O)O. The monoisotopic (exact) mass is 287 g/mol. The van der Waals surface area contributed by atoms with E-state index in [1.165, 1.54) is 23.1 Å². The number of thiophene rings is 1. The van der Waals surface area contributed by atoms with E-state index in [4.69, 9.17) is 5.11 Å². The van der Waals surface area contributed by atoms with Crippen LogP contribution in [-0.2, 0) is 4.79 Å². The number of nitrogens with one attached hydrogen (secondary N) is 1. The molecule has 0 unspecified atom stereocenters. The second kappa shape index (κ2) is 6.80. The third-order valence-electron chi connectivity index (χ3n) is 2.37. The molecule has 2 N–H and O–H groups in total. The molecule has 1 aromatic heterocycles. The van der Waals surface area contributed by atoms with Crippen molar-refractivity contribution >= 4 is 35.0 Å². The van der Waals surface area contributed by atoms with Crippen LogP contribution in [0.4, 0.5) is 0 Å². The summed E-state index contributed by atoms with van der Waals surface area (Å²) in [6.45, 7) is 3.86. The van der Waals surface area contributed by atoms with Gasteiger partial charge in [-0.1, -0.05) is 13.8 Å². The smallest absolute Gasteiger partial charge is 0.326 e. The molecule has 6 heteroatoms. The van der Waals surface area contributed by atoms with E-state index in [1.54, 1.807) is 0 Å². The van der Waals surface area contributed by atoms with E-state index in [9.17, 15) is 9.59 Å². The number of hydrogen-bond acceptors (Lipinski definition) is 4. The summed E-state index contributed by atoms with van der Waals surface area (Å²) in [5.74, 6) is -1.07. The first-order valence-corrected chi connectivity index (χ1v) is 7.71. The van der Waals surface area contributed by atoms with Crippen molar-refractivity contribution in [3.05, 3.63) is 16.3 Å². The lowest BCUT2D eigenvalue weighted by Gasteiger charge is -2.16. The molecular formula is C12H17NO3S2. The lowest BCUT2D eigenvalue weighted by Crippen LogP contribution is -2.41. The van der Waals surface area contributed by atoms with Crippen LogP contribution in [0.5, 0.6) is 0 Å². The standard InChI is InChI=1S/C12H17NO3S2/c1-7(2)6-8(12(15)16)13-11(14)10-9(17-3)4-5-18-10/h4-5,7-8H,6H2,1-3H3,(H,13,14)(H,15,16)/t8-/m1/s1. The van der Waals surface area contributed by atoms with E-state index in [0.29, 0.717) is 11.3 Å². The molecule has 0 aromatic carbocycles. The number of carbonyl (C=O) groups is 2. The van der Waals surface area contributed by atoms with Crippen molar-refractivity contribution in [3.63, 3.8) is 0 Å². The minimum atomic E-state index is -0.987. The van der Waals surface area contributed by atoms with Crippen molar-refractivity contribution in [1.82, 2.24) is 5.32 Å². The Bertz CT molecular complexity index is 429. The Morgan fingerprint density at radius 2 is 2.17 bits per heavy atom. The van der Waals surface area contributed by atoms with Crippen LogP contribution in [0.2, 0.25) is 0 Å². The molecule has 1 heterocycles. The molecule has 0 fully saturated rings. The van der Waals surface area contributed by atoms with Crippen molar-refractivity contribution < 1.29 is 14.7 Å². The molecule has 0 saturated carbocycles. The second-order valence-corrected chi connectivity index (χ2v) is 6.08. The van der Waals surface area contributed by atoms with Crippen LogP contribution in [0.25, 0.3) is 0 Å². The lowest BCUT2D eigenvalue weighted by atomic mass is 10.0. The molecule has 100 valence electrons. The molecule has 1 amide bonds. The summed E-state index contributed by atoms with van der Waals surface area (Å²) in [6.07, 6.45) is 2.32. The maximum absolute atomic E-state index is 12.0. The molecule has 4 nitrogen and oxygen atoms in total. The van der Waals surface area contributed by atoms with E-state index in [0.717, 1.165) is 4.90 Å². The van der Waals surface area contributed by atoms with Gasteiger partial charge < -0.3 is 10.4 Å². The van der Waals surface area contributed by atoms with Gasteiger partial charge in [0.15, 0.2) is 0 Å². The molecule has 1 rings (SSSR count). The molecule has 18 heavy (non-hydrogen) atoms. The molecular weight excluding hydrogens is 270 g/mol. The van der Waals surface area contributed by atoms with Crippen LogP contribution in [-0.4, -0.2) is 29.3 Å². The highest BCUT2D eigenvalue weighted by Gasteiger charge is 2.23. The lowest BCUT2D eigenvalue weighted by molar-refractivity contribution is -0.139.